The second-order valence-electron chi connectivity index (χ2n) is 6.68. The lowest BCUT2D eigenvalue weighted by molar-refractivity contribution is -0.137. The van der Waals surface area contributed by atoms with Crippen LogP contribution in [-0.4, -0.2) is 38.9 Å². The SMILES string of the molecule is CCOC(=O)c1cc(-c2ccc(C(F)(F)F)cc2)[nH]c1-c1cc(OC)c(OC)c(OC)c1. The van der Waals surface area contributed by atoms with Crippen LogP contribution in [0, 0.1) is 0 Å². The van der Waals surface area contributed by atoms with Crippen molar-refractivity contribution in [3.05, 3.63) is 53.6 Å². The average molecular weight is 449 g/mol. The second-order valence-corrected chi connectivity index (χ2v) is 6.68. The fourth-order valence-electron chi connectivity index (χ4n) is 3.27. The van der Waals surface area contributed by atoms with Crippen molar-refractivity contribution in [2.45, 2.75) is 13.1 Å². The van der Waals surface area contributed by atoms with Gasteiger partial charge < -0.3 is 23.9 Å². The number of methoxy groups -OCH3 is 3. The topological polar surface area (TPSA) is 69.8 Å². The molecule has 2 aromatic carbocycles. The molecule has 1 aromatic heterocycles. The summed E-state index contributed by atoms with van der Waals surface area (Å²) in [6, 6.07) is 9.50. The molecule has 1 heterocycles. The van der Waals surface area contributed by atoms with Crippen molar-refractivity contribution in [2.75, 3.05) is 27.9 Å². The molecule has 0 fully saturated rings. The number of aromatic nitrogens is 1. The van der Waals surface area contributed by atoms with Gasteiger partial charge in [-0.3, -0.25) is 0 Å². The predicted octanol–water partition coefficient (Wildman–Crippen LogP) is 5.57. The van der Waals surface area contributed by atoms with Crippen molar-refractivity contribution in [1.82, 2.24) is 4.98 Å². The minimum Gasteiger partial charge on any atom is -0.493 e. The smallest absolute Gasteiger partial charge is 0.416 e. The van der Waals surface area contributed by atoms with Crippen molar-refractivity contribution < 1.29 is 36.9 Å². The Labute approximate surface area is 182 Å². The Hall–Kier alpha value is -3.62. The quantitative estimate of drug-likeness (QED) is 0.478. The van der Waals surface area contributed by atoms with Crippen LogP contribution in [0.5, 0.6) is 17.2 Å². The Morgan fingerprint density at radius 2 is 1.50 bits per heavy atom. The van der Waals surface area contributed by atoms with E-state index in [2.05, 4.69) is 4.98 Å². The van der Waals surface area contributed by atoms with Crippen molar-refractivity contribution in [3.63, 3.8) is 0 Å². The third kappa shape index (κ3) is 4.51. The molecule has 0 atom stereocenters. The van der Waals surface area contributed by atoms with E-state index in [1.165, 1.54) is 33.5 Å². The van der Waals surface area contributed by atoms with E-state index < -0.39 is 17.7 Å². The maximum Gasteiger partial charge on any atom is 0.416 e. The van der Waals surface area contributed by atoms with Gasteiger partial charge in [-0.2, -0.15) is 13.2 Å². The molecule has 0 saturated carbocycles. The summed E-state index contributed by atoms with van der Waals surface area (Å²) in [7, 11) is 4.41. The number of carbonyl (C=O) groups is 1. The predicted molar refractivity (Wildman–Crippen MR) is 112 cm³/mol. The fourth-order valence-corrected chi connectivity index (χ4v) is 3.27. The van der Waals surface area contributed by atoms with E-state index in [4.69, 9.17) is 18.9 Å². The van der Waals surface area contributed by atoms with Crippen LogP contribution in [-0.2, 0) is 10.9 Å². The molecule has 0 aliphatic rings. The average Bonchev–Trinajstić information content (AvgIpc) is 3.23. The first-order chi connectivity index (χ1) is 15.2. The lowest BCUT2D eigenvalue weighted by Gasteiger charge is -2.14. The van der Waals surface area contributed by atoms with Crippen molar-refractivity contribution in [3.8, 4) is 39.8 Å². The molecule has 0 amide bonds. The number of carbonyl (C=O) groups excluding carboxylic acids is 1. The van der Waals surface area contributed by atoms with Gasteiger partial charge in [0.15, 0.2) is 11.5 Å². The van der Waals surface area contributed by atoms with E-state index in [9.17, 15) is 18.0 Å². The molecule has 0 spiro atoms. The number of H-pyrrole nitrogens is 1. The van der Waals surface area contributed by atoms with Gasteiger partial charge in [0.2, 0.25) is 5.75 Å². The fraction of sp³-hybridized carbons (Fsp3) is 0.261. The first kappa shape index (κ1) is 23.1. The van der Waals surface area contributed by atoms with Gasteiger partial charge in [-0.15, -0.1) is 0 Å². The van der Waals surface area contributed by atoms with Crippen LogP contribution in [0.1, 0.15) is 22.8 Å². The van der Waals surface area contributed by atoms with E-state index in [0.717, 1.165) is 12.1 Å². The van der Waals surface area contributed by atoms with Gasteiger partial charge >= 0.3 is 12.1 Å². The highest BCUT2D eigenvalue weighted by Crippen LogP contribution is 2.42. The highest BCUT2D eigenvalue weighted by molar-refractivity contribution is 5.98. The van der Waals surface area contributed by atoms with E-state index in [-0.39, 0.29) is 12.2 Å². The van der Waals surface area contributed by atoms with Crippen molar-refractivity contribution >= 4 is 5.97 Å². The zero-order chi connectivity index (χ0) is 23.5. The van der Waals surface area contributed by atoms with Crippen LogP contribution in [0.25, 0.3) is 22.5 Å². The molecular formula is C23H22F3NO5. The summed E-state index contributed by atoms with van der Waals surface area (Å²) in [5.74, 6) is 0.557. The third-order valence-corrected chi connectivity index (χ3v) is 4.79. The zero-order valence-corrected chi connectivity index (χ0v) is 17.9. The minimum absolute atomic E-state index is 0.161. The summed E-state index contributed by atoms with van der Waals surface area (Å²) in [5.41, 5.74) is 1.32. The maximum atomic E-state index is 12.9. The second kappa shape index (κ2) is 9.25. The van der Waals surface area contributed by atoms with E-state index in [0.29, 0.717) is 39.8 Å². The van der Waals surface area contributed by atoms with E-state index in [1.807, 2.05) is 0 Å². The van der Waals surface area contributed by atoms with Crippen LogP contribution in [0.15, 0.2) is 42.5 Å². The van der Waals surface area contributed by atoms with E-state index >= 15 is 0 Å². The van der Waals surface area contributed by atoms with Crippen LogP contribution in [0.3, 0.4) is 0 Å². The normalized spacial score (nSPS) is 11.2. The Bertz CT molecular complexity index is 1080. The molecule has 3 rings (SSSR count). The Balaban J connectivity index is 2.16. The van der Waals surface area contributed by atoms with Crippen molar-refractivity contribution in [2.24, 2.45) is 0 Å². The van der Waals surface area contributed by atoms with Gasteiger partial charge in [-0.05, 0) is 42.8 Å². The summed E-state index contributed by atoms with van der Waals surface area (Å²) in [5, 5.41) is 0. The van der Waals surface area contributed by atoms with Crippen LogP contribution < -0.4 is 14.2 Å². The largest absolute Gasteiger partial charge is 0.493 e. The van der Waals surface area contributed by atoms with Gasteiger partial charge in [0, 0.05) is 11.3 Å². The number of aromatic amines is 1. The molecule has 9 heteroatoms. The van der Waals surface area contributed by atoms with Gasteiger partial charge in [0.1, 0.15) is 0 Å². The van der Waals surface area contributed by atoms with Gasteiger partial charge in [-0.25, -0.2) is 4.79 Å². The van der Waals surface area contributed by atoms with Gasteiger partial charge in [0.05, 0.1) is 44.8 Å². The number of ether oxygens (including phenoxy) is 4. The molecule has 0 aliphatic heterocycles. The zero-order valence-electron chi connectivity index (χ0n) is 17.9. The molecule has 0 aliphatic carbocycles. The number of halogens is 3. The summed E-state index contributed by atoms with van der Waals surface area (Å²) < 4.78 is 60.0. The molecule has 1 N–H and O–H groups in total. The maximum absolute atomic E-state index is 12.9. The minimum atomic E-state index is -4.44. The van der Waals surface area contributed by atoms with Crippen molar-refractivity contribution in [1.29, 1.82) is 0 Å². The lowest BCUT2D eigenvalue weighted by Crippen LogP contribution is -2.05. The van der Waals surface area contributed by atoms with E-state index in [1.54, 1.807) is 25.1 Å². The summed E-state index contributed by atoms with van der Waals surface area (Å²) in [4.78, 5) is 15.7. The molecule has 0 radical (unpaired) electrons. The number of hydrogen-bond acceptors (Lipinski definition) is 5. The summed E-state index contributed by atoms with van der Waals surface area (Å²) in [6.45, 7) is 1.84. The Morgan fingerprint density at radius 3 is 1.97 bits per heavy atom. The first-order valence-corrected chi connectivity index (χ1v) is 9.61. The van der Waals surface area contributed by atoms with Gasteiger partial charge in [-0.1, -0.05) is 12.1 Å². The standard InChI is InChI=1S/C23H22F3NO5/c1-5-32-22(28)16-12-17(13-6-8-15(9-7-13)23(24,25)26)27-20(16)14-10-18(29-2)21(31-4)19(11-14)30-3/h6-12,27H,5H2,1-4H3. The number of rotatable bonds is 7. The Kier molecular flexibility index (Phi) is 6.67. The molecular weight excluding hydrogens is 427 g/mol. The highest BCUT2D eigenvalue weighted by Gasteiger charge is 2.30. The highest BCUT2D eigenvalue weighted by atomic mass is 19.4. The number of benzene rings is 2. The number of nitrogens with one attached hydrogen (secondary N) is 1. The van der Waals surface area contributed by atoms with Gasteiger partial charge in [0.25, 0.3) is 0 Å². The molecule has 6 nitrogen and oxygen atoms in total. The number of esters is 1. The monoisotopic (exact) mass is 449 g/mol. The molecule has 170 valence electrons. The van der Waals surface area contributed by atoms with Crippen LogP contribution >= 0.6 is 0 Å². The molecule has 0 bridgehead atoms. The number of hydrogen-bond donors (Lipinski definition) is 1. The molecule has 0 saturated heterocycles. The summed E-state index contributed by atoms with van der Waals surface area (Å²) >= 11 is 0. The molecule has 0 unspecified atom stereocenters. The summed E-state index contributed by atoms with van der Waals surface area (Å²) in [6.07, 6.45) is -4.44. The van der Waals surface area contributed by atoms with Crippen LogP contribution in [0.2, 0.25) is 0 Å². The first-order valence-electron chi connectivity index (χ1n) is 9.61. The molecule has 32 heavy (non-hydrogen) atoms. The number of alkyl halides is 3. The van der Waals surface area contributed by atoms with Crippen LogP contribution in [0.4, 0.5) is 13.2 Å². The lowest BCUT2D eigenvalue weighted by atomic mass is 10.1. The third-order valence-electron chi connectivity index (χ3n) is 4.79. The molecule has 3 aromatic rings. The Morgan fingerprint density at radius 1 is 0.906 bits per heavy atom.